The molecule has 42 heavy (non-hydrogen) atoms. The highest BCUT2D eigenvalue weighted by atomic mass is 32.1. The molecule has 0 radical (unpaired) electrons. The van der Waals surface area contributed by atoms with Crippen LogP contribution < -0.4 is 11.1 Å². The van der Waals surface area contributed by atoms with Crippen molar-refractivity contribution < 1.29 is 24.2 Å². The van der Waals surface area contributed by atoms with E-state index in [1.807, 2.05) is 44.2 Å². The average Bonchev–Trinajstić information content (AvgIpc) is 3.46. The Balaban J connectivity index is 2.25. The molecule has 0 aliphatic heterocycles. The van der Waals surface area contributed by atoms with Crippen LogP contribution in [0.1, 0.15) is 81.0 Å². The first-order valence-electron chi connectivity index (χ1n) is 14.7. The van der Waals surface area contributed by atoms with E-state index < -0.39 is 24.0 Å². The molecule has 4 N–H and O–H groups in total. The van der Waals surface area contributed by atoms with Crippen LogP contribution in [0.25, 0.3) is 0 Å². The molecule has 0 aliphatic rings. The molecule has 0 saturated carbocycles. The van der Waals surface area contributed by atoms with Gasteiger partial charge in [-0.3, -0.25) is 14.4 Å². The summed E-state index contributed by atoms with van der Waals surface area (Å²) in [5.41, 5.74) is 7.53. The third-order valence-electron chi connectivity index (χ3n) is 7.78. The van der Waals surface area contributed by atoms with E-state index in [2.05, 4.69) is 30.7 Å². The monoisotopic (exact) mass is 600 g/mol. The summed E-state index contributed by atoms with van der Waals surface area (Å²) in [5.74, 6) is -1.83. The fourth-order valence-electron chi connectivity index (χ4n) is 4.84. The summed E-state index contributed by atoms with van der Waals surface area (Å²) >= 11 is 1.32. The lowest BCUT2D eigenvalue weighted by molar-refractivity contribution is -0.141. The Morgan fingerprint density at radius 3 is 2.40 bits per heavy atom. The fraction of sp³-hybridized carbons (Fsp3) is 0.562. The van der Waals surface area contributed by atoms with Crippen LogP contribution in [0.3, 0.4) is 0 Å². The minimum atomic E-state index is -0.909. The molecule has 232 valence electrons. The van der Waals surface area contributed by atoms with Crippen molar-refractivity contribution in [2.75, 3.05) is 13.7 Å². The number of aromatic nitrogens is 1. The molecule has 2 aromatic rings. The van der Waals surface area contributed by atoms with E-state index in [0.717, 1.165) is 12.0 Å². The number of carbonyl (C=O) groups excluding carboxylic acids is 2. The number of aliphatic carboxylic acids is 1. The predicted octanol–water partition coefficient (Wildman–Crippen LogP) is 5.09. The van der Waals surface area contributed by atoms with Crippen molar-refractivity contribution in [3.8, 4) is 0 Å². The first-order chi connectivity index (χ1) is 19.9. The first kappa shape index (κ1) is 35.1. The highest BCUT2D eigenvalue weighted by Gasteiger charge is 2.33. The maximum Gasteiger partial charge on any atom is 0.306 e. The summed E-state index contributed by atoms with van der Waals surface area (Å²) in [6.07, 6.45) is 3.26. The number of nitrogens with one attached hydrogen (secondary N) is 1. The van der Waals surface area contributed by atoms with Gasteiger partial charge in [0.15, 0.2) is 0 Å². The van der Waals surface area contributed by atoms with Crippen LogP contribution in [-0.2, 0) is 20.7 Å². The Morgan fingerprint density at radius 2 is 1.83 bits per heavy atom. The Labute approximate surface area is 254 Å². The van der Waals surface area contributed by atoms with Crippen molar-refractivity contribution in [2.24, 2.45) is 23.5 Å². The Kier molecular flexibility index (Phi) is 14.3. The van der Waals surface area contributed by atoms with Crippen LogP contribution in [0.4, 0.5) is 0 Å². The van der Waals surface area contributed by atoms with Gasteiger partial charge in [0, 0.05) is 30.9 Å². The van der Waals surface area contributed by atoms with E-state index >= 15 is 0 Å². The van der Waals surface area contributed by atoms with E-state index in [9.17, 15) is 19.5 Å². The molecule has 10 heteroatoms. The van der Waals surface area contributed by atoms with Crippen molar-refractivity contribution >= 4 is 29.1 Å². The Hall–Kier alpha value is -3.08. The molecule has 6 unspecified atom stereocenters. The van der Waals surface area contributed by atoms with Crippen LogP contribution in [0, 0.1) is 17.8 Å². The second-order valence-corrected chi connectivity index (χ2v) is 12.3. The number of likely N-dealkylation sites (N-methyl/N-ethyl adjacent to an activating group) is 1. The number of benzene rings is 1. The summed E-state index contributed by atoms with van der Waals surface area (Å²) in [6.45, 7) is 13.8. The van der Waals surface area contributed by atoms with Gasteiger partial charge in [-0.1, -0.05) is 77.4 Å². The third-order valence-corrected chi connectivity index (χ3v) is 8.71. The smallest absolute Gasteiger partial charge is 0.306 e. The molecular weight excluding hydrogens is 552 g/mol. The molecule has 0 bridgehead atoms. The molecule has 9 nitrogen and oxygen atoms in total. The lowest BCUT2D eigenvalue weighted by Crippen LogP contribution is -2.51. The molecule has 1 heterocycles. The molecule has 6 atom stereocenters. The number of carboxylic acid groups (broad SMARTS) is 1. The third kappa shape index (κ3) is 10.3. The lowest BCUT2D eigenvalue weighted by Gasteiger charge is -2.36. The van der Waals surface area contributed by atoms with E-state index in [1.165, 1.54) is 11.3 Å². The number of nitrogens with two attached hydrogens (primary N) is 1. The number of hydrogen-bond acceptors (Lipinski definition) is 7. The zero-order chi connectivity index (χ0) is 31.4. The van der Waals surface area contributed by atoms with E-state index in [1.54, 1.807) is 30.3 Å². The summed E-state index contributed by atoms with van der Waals surface area (Å²) in [5, 5.41) is 14.8. The minimum Gasteiger partial charge on any atom is -0.481 e. The highest BCUT2D eigenvalue weighted by molar-refractivity contribution is 7.09. The fourth-order valence-corrected chi connectivity index (χ4v) is 5.69. The van der Waals surface area contributed by atoms with Crippen LogP contribution >= 0.6 is 11.3 Å². The standard InChI is InChI=1S/C32H48N4O5S/c1-8-15-41-27(18-26(20(3)4)36(7)31(38)28(33)21(5)9-2)30-35-25(19-42-30)29(37)34-24(16-22(6)32(39)40)17-23-13-11-10-12-14-23/h8,10-14,19-22,24,26-28H,1,9,15-18,33H2,2-7H3,(H,34,37)(H,39,40). The average molecular weight is 601 g/mol. The SMILES string of the molecule is C=CCOC(CC(C(C)C)N(C)C(=O)C(N)C(C)CC)c1nc(C(=O)NC(Cc2ccccc2)CC(C)C(=O)O)cs1. The predicted molar refractivity (Wildman–Crippen MR) is 167 cm³/mol. The number of carbonyl (C=O) groups is 3. The molecule has 1 aromatic heterocycles. The number of nitrogens with zero attached hydrogens (tertiary/aromatic N) is 2. The number of carboxylic acids is 1. The van der Waals surface area contributed by atoms with Gasteiger partial charge < -0.3 is 25.8 Å². The summed E-state index contributed by atoms with van der Waals surface area (Å²) in [7, 11) is 1.78. The van der Waals surface area contributed by atoms with Crippen molar-refractivity contribution in [3.05, 3.63) is 64.6 Å². The van der Waals surface area contributed by atoms with Gasteiger partial charge in [-0.15, -0.1) is 17.9 Å². The lowest BCUT2D eigenvalue weighted by atomic mass is 9.93. The second kappa shape index (κ2) is 17.1. The molecule has 0 fully saturated rings. The van der Waals surface area contributed by atoms with Crippen molar-refractivity contribution in [2.45, 2.75) is 84.5 Å². The van der Waals surface area contributed by atoms with Crippen LogP contribution in [0.5, 0.6) is 0 Å². The van der Waals surface area contributed by atoms with Gasteiger partial charge in [0.2, 0.25) is 5.91 Å². The number of thiazole rings is 1. The number of ether oxygens (including phenoxy) is 1. The second-order valence-electron chi connectivity index (χ2n) is 11.4. The first-order valence-corrected chi connectivity index (χ1v) is 15.5. The summed E-state index contributed by atoms with van der Waals surface area (Å²) < 4.78 is 6.11. The maximum atomic E-state index is 13.3. The molecule has 2 rings (SSSR count). The van der Waals surface area contributed by atoms with Gasteiger partial charge in [0.05, 0.1) is 18.6 Å². The maximum absolute atomic E-state index is 13.3. The van der Waals surface area contributed by atoms with Crippen LogP contribution in [0.2, 0.25) is 0 Å². The largest absolute Gasteiger partial charge is 0.481 e. The summed E-state index contributed by atoms with van der Waals surface area (Å²) in [6, 6.07) is 8.51. The van der Waals surface area contributed by atoms with Crippen molar-refractivity contribution in [3.63, 3.8) is 0 Å². The molecule has 1 aromatic carbocycles. The van der Waals surface area contributed by atoms with Crippen molar-refractivity contribution in [1.29, 1.82) is 0 Å². The zero-order valence-electron chi connectivity index (χ0n) is 25.8. The quantitative estimate of drug-likeness (QED) is 0.203. The molecule has 0 aliphatic carbocycles. The molecule has 0 saturated heterocycles. The summed E-state index contributed by atoms with van der Waals surface area (Å²) in [4.78, 5) is 44.4. The topological polar surface area (TPSA) is 135 Å². The number of amides is 2. The molecular formula is C32H48N4O5S. The van der Waals surface area contributed by atoms with Gasteiger partial charge in [0.1, 0.15) is 16.8 Å². The minimum absolute atomic E-state index is 0.0600. The molecule has 0 spiro atoms. The molecule has 2 amide bonds. The zero-order valence-corrected chi connectivity index (χ0v) is 26.6. The highest BCUT2D eigenvalue weighted by Crippen LogP contribution is 2.30. The van der Waals surface area contributed by atoms with Crippen LogP contribution in [0.15, 0.2) is 48.4 Å². The van der Waals surface area contributed by atoms with E-state index in [4.69, 9.17) is 10.5 Å². The van der Waals surface area contributed by atoms with Gasteiger partial charge in [-0.05, 0) is 30.2 Å². The van der Waals surface area contributed by atoms with E-state index in [-0.39, 0.29) is 54.5 Å². The number of hydrogen-bond donors (Lipinski definition) is 3. The van der Waals surface area contributed by atoms with E-state index in [0.29, 0.717) is 17.8 Å². The van der Waals surface area contributed by atoms with Crippen molar-refractivity contribution in [1.82, 2.24) is 15.2 Å². The van der Waals surface area contributed by atoms with Gasteiger partial charge in [-0.2, -0.15) is 0 Å². The van der Waals surface area contributed by atoms with Gasteiger partial charge in [-0.25, -0.2) is 4.98 Å². The number of rotatable bonds is 18. The van der Waals surface area contributed by atoms with Gasteiger partial charge in [0.25, 0.3) is 5.91 Å². The Morgan fingerprint density at radius 1 is 1.17 bits per heavy atom. The van der Waals surface area contributed by atoms with Crippen LogP contribution in [-0.4, -0.2) is 64.6 Å². The Bertz CT molecular complexity index is 1150. The van der Waals surface area contributed by atoms with Gasteiger partial charge >= 0.3 is 5.97 Å². The normalized spacial score (nSPS) is 15.7.